The van der Waals surface area contributed by atoms with Gasteiger partial charge in [-0.15, -0.1) is 0 Å². The van der Waals surface area contributed by atoms with E-state index in [1.807, 2.05) is 0 Å². The van der Waals surface area contributed by atoms with Crippen LogP contribution in [0, 0.1) is 15.9 Å². The van der Waals surface area contributed by atoms with Gasteiger partial charge in [0.15, 0.2) is 6.61 Å². The zero-order chi connectivity index (χ0) is 16.8. The van der Waals surface area contributed by atoms with E-state index in [-0.39, 0.29) is 16.9 Å². The monoisotopic (exact) mass is 318 g/mol. The molecule has 2 rings (SSSR count). The molecule has 8 heteroatoms. The lowest BCUT2D eigenvalue weighted by atomic mass is 10.2. The van der Waals surface area contributed by atoms with Gasteiger partial charge in [0.05, 0.1) is 10.5 Å². The molecule has 0 atom stereocenters. The second-order valence-electron chi connectivity index (χ2n) is 4.41. The highest BCUT2D eigenvalue weighted by molar-refractivity contribution is 5.96. The topological polar surface area (TPSA) is 98.5 Å². The number of halogens is 1. The molecule has 23 heavy (non-hydrogen) atoms. The van der Waals surface area contributed by atoms with Gasteiger partial charge in [0, 0.05) is 6.07 Å². The molecule has 0 spiro atoms. The second-order valence-corrected chi connectivity index (χ2v) is 4.41. The number of nitrogens with zero attached hydrogens (tertiary/aromatic N) is 1. The first-order valence-electron chi connectivity index (χ1n) is 6.43. The molecule has 0 fully saturated rings. The quantitative estimate of drug-likeness (QED) is 0.519. The molecule has 1 amide bonds. The largest absolute Gasteiger partial charge is 0.452 e. The van der Waals surface area contributed by atoms with Crippen molar-refractivity contribution >= 4 is 23.3 Å². The highest BCUT2D eigenvalue weighted by Gasteiger charge is 2.16. The van der Waals surface area contributed by atoms with E-state index >= 15 is 0 Å². The maximum atomic E-state index is 12.7. The maximum absolute atomic E-state index is 12.7. The predicted octanol–water partition coefficient (Wildman–Crippen LogP) is 2.53. The van der Waals surface area contributed by atoms with Crippen molar-refractivity contribution < 1.29 is 23.6 Å². The van der Waals surface area contributed by atoms with Gasteiger partial charge < -0.3 is 10.1 Å². The first kappa shape index (κ1) is 16.1. The van der Waals surface area contributed by atoms with Gasteiger partial charge >= 0.3 is 5.97 Å². The van der Waals surface area contributed by atoms with E-state index in [1.165, 1.54) is 36.4 Å². The highest BCUT2D eigenvalue weighted by atomic mass is 19.1. The number of benzene rings is 2. The summed E-state index contributed by atoms with van der Waals surface area (Å²) < 4.78 is 17.5. The molecule has 1 N–H and O–H groups in total. The Hall–Kier alpha value is -3.29. The third-order valence-electron chi connectivity index (χ3n) is 2.79. The fraction of sp³-hybridized carbons (Fsp3) is 0.0667. The molecule has 2 aromatic rings. The number of anilines is 1. The molecule has 0 bridgehead atoms. The van der Waals surface area contributed by atoms with Gasteiger partial charge in [-0.1, -0.05) is 12.1 Å². The minimum absolute atomic E-state index is 0.000307. The first-order valence-corrected chi connectivity index (χ1v) is 6.43. The molecule has 118 valence electrons. The summed E-state index contributed by atoms with van der Waals surface area (Å²) in [4.78, 5) is 33.5. The van der Waals surface area contributed by atoms with Crippen molar-refractivity contribution in [3.63, 3.8) is 0 Å². The molecule has 0 saturated heterocycles. The fourth-order valence-corrected chi connectivity index (χ4v) is 1.73. The third-order valence-corrected chi connectivity index (χ3v) is 2.79. The number of hydrogen-bond acceptors (Lipinski definition) is 5. The Bertz CT molecular complexity index is 746. The average Bonchev–Trinajstić information content (AvgIpc) is 2.53. The van der Waals surface area contributed by atoms with Gasteiger partial charge in [-0.2, -0.15) is 0 Å². The fourth-order valence-electron chi connectivity index (χ4n) is 1.73. The minimum Gasteiger partial charge on any atom is -0.452 e. The lowest BCUT2D eigenvalue weighted by Crippen LogP contribution is -2.21. The molecular weight excluding hydrogens is 307 g/mol. The summed E-state index contributed by atoms with van der Waals surface area (Å²) in [5.41, 5.74) is -0.184. The number of hydrogen-bond donors (Lipinski definition) is 1. The number of nitro benzene ring substituents is 1. The molecule has 7 nitrogen and oxygen atoms in total. The Morgan fingerprint density at radius 2 is 1.78 bits per heavy atom. The molecule has 2 aromatic carbocycles. The summed E-state index contributed by atoms with van der Waals surface area (Å²) >= 11 is 0. The smallest absolute Gasteiger partial charge is 0.338 e. The first-order chi connectivity index (χ1) is 11.0. The van der Waals surface area contributed by atoms with Gasteiger partial charge in [0.2, 0.25) is 0 Å². The van der Waals surface area contributed by atoms with Gasteiger partial charge in [-0.3, -0.25) is 14.9 Å². The van der Waals surface area contributed by atoms with Crippen LogP contribution >= 0.6 is 0 Å². The normalized spacial score (nSPS) is 9.96. The van der Waals surface area contributed by atoms with Crippen LogP contribution in [0.5, 0.6) is 0 Å². The van der Waals surface area contributed by atoms with E-state index in [0.29, 0.717) is 0 Å². The van der Waals surface area contributed by atoms with Crippen LogP contribution in [0.2, 0.25) is 0 Å². The van der Waals surface area contributed by atoms with Crippen molar-refractivity contribution in [2.45, 2.75) is 0 Å². The Morgan fingerprint density at radius 3 is 2.43 bits per heavy atom. The van der Waals surface area contributed by atoms with Crippen LogP contribution < -0.4 is 5.32 Å². The Labute approximate surface area is 129 Å². The zero-order valence-corrected chi connectivity index (χ0v) is 11.7. The molecule has 0 aliphatic rings. The Kier molecular flexibility index (Phi) is 4.98. The average molecular weight is 318 g/mol. The molecule has 0 heterocycles. The number of ether oxygens (including phenoxy) is 1. The van der Waals surface area contributed by atoms with Crippen molar-refractivity contribution in [2.75, 3.05) is 11.9 Å². The van der Waals surface area contributed by atoms with Crippen molar-refractivity contribution in [3.8, 4) is 0 Å². The highest BCUT2D eigenvalue weighted by Crippen LogP contribution is 2.22. The van der Waals surface area contributed by atoms with Gasteiger partial charge in [-0.05, 0) is 30.3 Å². The zero-order valence-electron chi connectivity index (χ0n) is 11.7. The van der Waals surface area contributed by atoms with Crippen LogP contribution in [0.1, 0.15) is 10.4 Å². The summed E-state index contributed by atoms with van der Waals surface area (Å²) in [6.45, 7) is -0.623. The van der Waals surface area contributed by atoms with Crippen LogP contribution in [0.3, 0.4) is 0 Å². The number of nitrogens with one attached hydrogen (secondary N) is 1. The van der Waals surface area contributed by atoms with E-state index in [1.54, 1.807) is 0 Å². The third kappa shape index (κ3) is 4.34. The summed E-state index contributed by atoms with van der Waals surface area (Å²) in [6.07, 6.45) is 0. The van der Waals surface area contributed by atoms with Crippen LogP contribution in [-0.2, 0) is 9.53 Å². The lowest BCUT2D eigenvalue weighted by molar-refractivity contribution is -0.383. The van der Waals surface area contributed by atoms with Crippen LogP contribution in [-0.4, -0.2) is 23.4 Å². The molecule has 0 aliphatic carbocycles. The number of carbonyl (C=O) groups is 2. The Morgan fingerprint density at radius 1 is 1.13 bits per heavy atom. The molecule has 0 saturated carbocycles. The summed E-state index contributed by atoms with van der Waals surface area (Å²) in [5.74, 6) is -2.03. The number of carbonyl (C=O) groups excluding carboxylic acids is 2. The number of para-hydroxylation sites is 2. The molecular formula is C15H11FN2O5. The predicted molar refractivity (Wildman–Crippen MR) is 78.4 cm³/mol. The van der Waals surface area contributed by atoms with Crippen LogP contribution in [0.15, 0.2) is 48.5 Å². The van der Waals surface area contributed by atoms with Crippen molar-refractivity contribution in [2.24, 2.45) is 0 Å². The number of nitro groups is 1. The number of esters is 1. The van der Waals surface area contributed by atoms with Crippen molar-refractivity contribution in [1.29, 1.82) is 0 Å². The number of rotatable bonds is 5. The number of amides is 1. The SMILES string of the molecule is O=C(COC(=O)c1ccc(F)cc1)Nc1ccccc1[N+](=O)[O-]. The lowest BCUT2D eigenvalue weighted by Gasteiger charge is -2.07. The molecule has 0 aliphatic heterocycles. The van der Waals surface area contributed by atoms with Crippen molar-refractivity contribution in [3.05, 3.63) is 70.0 Å². The van der Waals surface area contributed by atoms with E-state index in [4.69, 9.17) is 4.74 Å². The Balaban J connectivity index is 1.94. The standard InChI is InChI=1S/C15H11FN2O5/c16-11-7-5-10(6-8-11)15(20)23-9-14(19)17-12-3-1-2-4-13(12)18(21)22/h1-8H,9H2,(H,17,19). The van der Waals surface area contributed by atoms with E-state index in [2.05, 4.69) is 5.32 Å². The summed E-state index contributed by atoms with van der Waals surface area (Å²) in [5, 5.41) is 13.1. The summed E-state index contributed by atoms with van der Waals surface area (Å²) in [7, 11) is 0. The minimum atomic E-state index is -0.803. The molecule has 0 unspecified atom stereocenters. The molecule has 0 radical (unpaired) electrons. The van der Waals surface area contributed by atoms with E-state index in [9.17, 15) is 24.1 Å². The molecule has 0 aromatic heterocycles. The summed E-state index contributed by atoms with van der Waals surface area (Å²) in [6, 6.07) is 10.2. The van der Waals surface area contributed by atoms with Crippen LogP contribution in [0.4, 0.5) is 15.8 Å². The van der Waals surface area contributed by atoms with Gasteiger partial charge in [0.1, 0.15) is 11.5 Å². The second kappa shape index (κ2) is 7.12. The van der Waals surface area contributed by atoms with E-state index < -0.39 is 29.2 Å². The van der Waals surface area contributed by atoms with Crippen molar-refractivity contribution in [1.82, 2.24) is 0 Å². The van der Waals surface area contributed by atoms with E-state index in [0.717, 1.165) is 12.1 Å². The van der Waals surface area contributed by atoms with Crippen LogP contribution in [0.25, 0.3) is 0 Å². The maximum Gasteiger partial charge on any atom is 0.338 e. The van der Waals surface area contributed by atoms with Gasteiger partial charge in [0.25, 0.3) is 11.6 Å². The van der Waals surface area contributed by atoms with Gasteiger partial charge in [-0.25, -0.2) is 9.18 Å².